The molecule has 0 aromatic carbocycles. The van der Waals surface area contributed by atoms with Gasteiger partial charge in [-0.05, 0) is 13.3 Å². The largest absolute Gasteiger partial charge is 0.463 e. The molecule has 0 aliphatic rings. The van der Waals surface area contributed by atoms with Crippen molar-refractivity contribution >= 4 is 11.9 Å². The van der Waals surface area contributed by atoms with E-state index in [1.807, 2.05) is 0 Å². The molecule has 6 nitrogen and oxygen atoms in total. The summed E-state index contributed by atoms with van der Waals surface area (Å²) in [4.78, 5) is 22.7. The first kappa shape index (κ1) is 28.9. The molecule has 2 atom stereocenters. The van der Waals surface area contributed by atoms with Crippen molar-refractivity contribution in [3.63, 3.8) is 0 Å². The van der Waals surface area contributed by atoms with Crippen LogP contribution in [0.1, 0.15) is 117 Å². The molecule has 0 saturated heterocycles. The Balaban J connectivity index is 3.32. The number of ether oxygens (including phenoxy) is 2. The van der Waals surface area contributed by atoms with E-state index >= 15 is 0 Å². The minimum Gasteiger partial charge on any atom is -0.463 e. The van der Waals surface area contributed by atoms with Crippen molar-refractivity contribution in [2.24, 2.45) is 0 Å². The lowest BCUT2D eigenvalue weighted by atomic mass is 10.0. The molecule has 6 heteroatoms. The first-order valence-electron chi connectivity index (χ1n) is 12.2. The monoisotopic (exact) mass is 430 g/mol. The summed E-state index contributed by atoms with van der Waals surface area (Å²) in [5, 5.41) is 18.6. The third kappa shape index (κ3) is 20.1. The number of hydrogen-bond donors (Lipinski definition) is 2. The number of unbranched alkanes of at least 4 members (excludes halogenated alkanes) is 14. The van der Waals surface area contributed by atoms with E-state index in [4.69, 9.17) is 9.84 Å². The van der Waals surface area contributed by atoms with Crippen LogP contribution in [0, 0.1) is 0 Å². The van der Waals surface area contributed by atoms with Crippen LogP contribution in [0.25, 0.3) is 0 Å². The molecule has 0 fully saturated rings. The molecule has 0 amide bonds. The van der Waals surface area contributed by atoms with Crippen LogP contribution in [0.4, 0.5) is 0 Å². The maximum absolute atomic E-state index is 11.6. The second kappa shape index (κ2) is 21.1. The van der Waals surface area contributed by atoms with E-state index in [2.05, 4.69) is 11.7 Å². The lowest BCUT2D eigenvalue weighted by Crippen LogP contribution is -2.28. The van der Waals surface area contributed by atoms with Crippen molar-refractivity contribution in [2.45, 2.75) is 129 Å². The first-order valence-corrected chi connectivity index (χ1v) is 12.2. The van der Waals surface area contributed by atoms with Crippen LogP contribution in [0.2, 0.25) is 0 Å². The number of esters is 2. The predicted octanol–water partition coefficient (Wildman–Crippen LogP) is 5.08. The van der Waals surface area contributed by atoms with Gasteiger partial charge in [0.15, 0.2) is 0 Å². The first-order chi connectivity index (χ1) is 14.5. The van der Waals surface area contributed by atoms with Crippen molar-refractivity contribution < 1.29 is 29.3 Å². The summed E-state index contributed by atoms with van der Waals surface area (Å²) in [7, 11) is 0. The van der Waals surface area contributed by atoms with Gasteiger partial charge >= 0.3 is 11.9 Å². The number of carbonyl (C=O) groups is 2. The summed E-state index contributed by atoms with van der Waals surface area (Å²) in [6.45, 7) is 3.04. The minimum absolute atomic E-state index is 0.204. The van der Waals surface area contributed by atoms with Crippen molar-refractivity contribution in [1.82, 2.24) is 0 Å². The molecule has 2 N–H and O–H groups in total. The Kier molecular flexibility index (Phi) is 20.3. The van der Waals surface area contributed by atoms with E-state index in [1.54, 1.807) is 0 Å². The highest BCUT2D eigenvalue weighted by Crippen LogP contribution is 2.13. The highest BCUT2D eigenvalue weighted by atomic mass is 16.6. The molecule has 0 saturated carbocycles. The smallest absolute Gasteiger partial charge is 0.334 e. The summed E-state index contributed by atoms with van der Waals surface area (Å²) in [6.07, 6.45) is 17.2. The van der Waals surface area contributed by atoms with Crippen LogP contribution in [0.15, 0.2) is 0 Å². The van der Waals surface area contributed by atoms with E-state index in [-0.39, 0.29) is 19.2 Å². The normalized spacial score (nSPS) is 13.1. The molecule has 178 valence electrons. The summed E-state index contributed by atoms with van der Waals surface area (Å²) in [6, 6.07) is 0. The fourth-order valence-electron chi connectivity index (χ4n) is 3.25. The Morgan fingerprint density at radius 3 is 1.50 bits per heavy atom. The number of hydrogen-bond acceptors (Lipinski definition) is 6. The van der Waals surface area contributed by atoms with E-state index in [1.165, 1.54) is 84.0 Å². The minimum atomic E-state index is -1.23. The lowest BCUT2D eigenvalue weighted by molar-refractivity contribution is -0.158. The molecule has 30 heavy (non-hydrogen) atoms. The zero-order valence-electron chi connectivity index (χ0n) is 19.4. The average molecular weight is 431 g/mol. The van der Waals surface area contributed by atoms with Gasteiger partial charge in [0.2, 0.25) is 0 Å². The number of carbonyl (C=O) groups excluding carboxylic acids is 2. The van der Waals surface area contributed by atoms with E-state index in [9.17, 15) is 14.7 Å². The molecule has 0 aliphatic heterocycles. The maximum atomic E-state index is 11.6. The second-order valence-electron chi connectivity index (χ2n) is 8.34. The van der Waals surface area contributed by atoms with Gasteiger partial charge in [0, 0.05) is 6.42 Å². The highest BCUT2D eigenvalue weighted by Gasteiger charge is 2.14. The summed E-state index contributed by atoms with van der Waals surface area (Å²) in [5.74, 6) is -1.15. The Hall–Kier alpha value is -1.14. The van der Waals surface area contributed by atoms with Crippen molar-refractivity contribution in [2.75, 3.05) is 13.2 Å². The molecular weight excluding hydrogens is 384 g/mol. The Bertz CT molecular complexity index is 411. The van der Waals surface area contributed by atoms with Crippen molar-refractivity contribution in [3.8, 4) is 0 Å². The SMILES string of the molecule is CCCCCCCCCCCCCCCCCC(=O)OCC(O)COC(=O)C(C)O. The van der Waals surface area contributed by atoms with Gasteiger partial charge in [-0.1, -0.05) is 96.8 Å². The molecule has 0 heterocycles. The van der Waals surface area contributed by atoms with Crippen LogP contribution in [-0.2, 0) is 19.1 Å². The Labute approximate surface area is 183 Å². The molecule has 0 bridgehead atoms. The van der Waals surface area contributed by atoms with Crippen LogP contribution >= 0.6 is 0 Å². The standard InChI is InChI=1S/C24H46O6/c1-3-4-5-6-7-8-9-10-11-12-13-14-15-16-17-18-23(27)29-19-22(26)20-30-24(28)21(2)25/h21-22,25-26H,3-20H2,1-2H3. The van der Waals surface area contributed by atoms with Crippen LogP contribution < -0.4 is 0 Å². The second-order valence-corrected chi connectivity index (χ2v) is 8.34. The van der Waals surface area contributed by atoms with Gasteiger partial charge in [-0.15, -0.1) is 0 Å². The summed E-state index contributed by atoms with van der Waals surface area (Å²) in [5.41, 5.74) is 0. The molecule has 0 aromatic rings. The van der Waals surface area contributed by atoms with Gasteiger partial charge in [-0.25, -0.2) is 4.79 Å². The molecular formula is C24H46O6. The topological polar surface area (TPSA) is 93.1 Å². The van der Waals surface area contributed by atoms with Crippen LogP contribution in [0.3, 0.4) is 0 Å². The van der Waals surface area contributed by atoms with E-state index in [0.717, 1.165) is 19.3 Å². The van der Waals surface area contributed by atoms with Crippen molar-refractivity contribution in [3.05, 3.63) is 0 Å². The van der Waals surface area contributed by atoms with Gasteiger partial charge in [0.25, 0.3) is 0 Å². The average Bonchev–Trinajstić information content (AvgIpc) is 2.73. The third-order valence-electron chi connectivity index (χ3n) is 5.18. The van der Waals surface area contributed by atoms with E-state index in [0.29, 0.717) is 6.42 Å². The van der Waals surface area contributed by atoms with Crippen LogP contribution in [0.5, 0.6) is 0 Å². The number of rotatable bonds is 21. The Morgan fingerprint density at radius 2 is 1.07 bits per heavy atom. The fourth-order valence-corrected chi connectivity index (χ4v) is 3.25. The molecule has 0 radical (unpaired) electrons. The zero-order valence-corrected chi connectivity index (χ0v) is 19.4. The molecule has 0 aromatic heterocycles. The van der Waals surface area contributed by atoms with Gasteiger partial charge in [-0.3, -0.25) is 4.79 Å². The summed E-state index contributed by atoms with van der Waals surface area (Å²) < 4.78 is 9.63. The van der Waals surface area contributed by atoms with Crippen molar-refractivity contribution in [1.29, 1.82) is 0 Å². The van der Waals surface area contributed by atoms with Gasteiger partial charge in [0.1, 0.15) is 25.4 Å². The lowest BCUT2D eigenvalue weighted by Gasteiger charge is -2.12. The molecule has 2 unspecified atom stereocenters. The van der Waals surface area contributed by atoms with Crippen LogP contribution in [-0.4, -0.2) is 47.6 Å². The molecule has 0 rings (SSSR count). The Morgan fingerprint density at radius 1 is 0.667 bits per heavy atom. The summed E-state index contributed by atoms with van der Waals surface area (Å²) >= 11 is 0. The number of aliphatic hydroxyl groups excluding tert-OH is 2. The highest BCUT2D eigenvalue weighted by molar-refractivity contribution is 5.73. The van der Waals surface area contributed by atoms with Gasteiger partial charge in [-0.2, -0.15) is 0 Å². The predicted molar refractivity (Wildman–Crippen MR) is 119 cm³/mol. The molecule has 0 spiro atoms. The van der Waals surface area contributed by atoms with E-state index < -0.39 is 18.2 Å². The maximum Gasteiger partial charge on any atom is 0.334 e. The zero-order chi connectivity index (χ0) is 22.5. The van der Waals surface area contributed by atoms with Gasteiger partial charge in [0.05, 0.1) is 0 Å². The number of aliphatic hydroxyl groups is 2. The quantitative estimate of drug-likeness (QED) is 0.195. The molecule has 0 aliphatic carbocycles. The van der Waals surface area contributed by atoms with Gasteiger partial charge < -0.3 is 19.7 Å². The fraction of sp³-hybridized carbons (Fsp3) is 0.917. The third-order valence-corrected chi connectivity index (χ3v) is 5.18.